The Kier molecular flexibility index (Phi) is 6.74. The summed E-state index contributed by atoms with van der Waals surface area (Å²) in [7, 11) is 1.86. The monoisotopic (exact) mass is 222 g/mol. The molecule has 0 fully saturated rings. The second-order valence-corrected chi connectivity index (χ2v) is 5.14. The third-order valence-electron chi connectivity index (χ3n) is 1.87. The van der Waals surface area contributed by atoms with Gasteiger partial charge >= 0.3 is 5.97 Å². The summed E-state index contributed by atoms with van der Waals surface area (Å²) >= 11 is 0. The van der Waals surface area contributed by atoms with Crippen LogP contribution in [0.3, 0.4) is 0 Å². The third-order valence-corrected chi connectivity index (χ3v) is 3.73. The molecule has 0 amide bonds. The van der Waals surface area contributed by atoms with E-state index in [4.69, 9.17) is 4.74 Å². The number of rotatable bonds is 6. The maximum absolute atomic E-state index is 11.6. The van der Waals surface area contributed by atoms with E-state index in [-0.39, 0.29) is 17.1 Å². The van der Waals surface area contributed by atoms with Crippen molar-refractivity contribution in [3.63, 3.8) is 0 Å². The first kappa shape index (κ1) is 13.6. The Labute approximate surface area is 87.4 Å². The zero-order valence-corrected chi connectivity index (χ0v) is 9.93. The summed E-state index contributed by atoms with van der Waals surface area (Å²) in [4.78, 5) is 11.0. The first-order valence-electron chi connectivity index (χ1n) is 4.46. The molecule has 0 spiro atoms. The first-order valence-corrected chi connectivity index (χ1v) is 5.85. The molecular weight excluding hydrogens is 204 g/mol. The summed E-state index contributed by atoms with van der Waals surface area (Å²) in [5.41, 5.74) is 0. The van der Waals surface area contributed by atoms with Gasteiger partial charge in [-0.25, -0.2) is 0 Å². The minimum Gasteiger partial charge on any atom is -0.469 e. The number of hydrogen-bond donors (Lipinski definition) is 0. The fraction of sp³-hybridized carbons (Fsp3) is 0.889. The molecule has 0 saturated heterocycles. The van der Waals surface area contributed by atoms with Gasteiger partial charge in [0.25, 0.3) is 0 Å². The molecule has 0 aromatic carbocycles. The second kappa shape index (κ2) is 6.95. The highest BCUT2D eigenvalue weighted by atomic mass is 32.2. The molecule has 0 saturated carbocycles. The second-order valence-electron chi connectivity index (χ2n) is 3.24. The van der Waals surface area contributed by atoms with Crippen molar-refractivity contribution >= 4 is 16.8 Å². The van der Waals surface area contributed by atoms with Gasteiger partial charge in [-0.3, -0.25) is 9.00 Å². The smallest absolute Gasteiger partial charge is 0.309 e. The molecule has 5 heteroatoms. The van der Waals surface area contributed by atoms with Gasteiger partial charge in [0.05, 0.1) is 24.9 Å². The van der Waals surface area contributed by atoms with Crippen LogP contribution in [0.5, 0.6) is 0 Å². The standard InChI is InChI=1S/C9H18O4S/c1-7(9(10)13-4)6-14(11)8(2)5-12-3/h7-8H,5-6H2,1-4H3. The van der Waals surface area contributed by atoms with E-state index in [2.05, 4.69) is 4.74 Å². The van der Waals surface area contributed by atoms with Gasteiger partial charge in [0.2, 0.25) is 0 Å². The summed E-state index contributed by atoms with van der Waals surface area (Å²) in [6.07, 6.45) is 0. The molecule has 0 aromatic rings. The van der Waals surface area contributed by atoms with Crippen LogP contribution in [0.25, 0.3) is 0 Å². The highest BCUT2D eigenvalue weighted by Crippen LogP contribution is 2.05. The normalized spacial score (nSPS) is 17.1. The van der Waals surface area contributed by atoms with E-state index in [9.17, 15) is 9.00 Å². The summed E-state index contributed by atoms with van der Waals surface area (Å²) in [6.45, 7) is 3.99. The van der Waals surface area contributed by atoms with Gasteiger partial charge in [-0.1, -0.05) is 6.92 Å². The van der Waals surface area contributed by atoms with Crippen molar-refractivity contribution in [2.24, 2.45) is 5.92 Å². The molecular formula is C9H18O4S. The topological polar surface area (TPSA) is 52.6 Å². The van der Waals surface area contributed by atoms with Crippen molar-refractivity contribution in [1.29, 1.82) is 0 Å². The van der Waals surface area contributed by atoms with E-state index >= 15 is 0 Å². The molecule has 84 valence electrons. The van der Waals surface area contributed by atoms with Gasteiger partial charge in [-0.2, -0.15) is 0 Å². The van der Waals surface area contributed by atoms with Crippen LogP contribution in [0.4, 0.5) is 0 Å². The summed E-state index contributed by atoms with van der Waals surface area (Å²) in [5.74, 6) is -0.305. The molecule has 0 aromatic heterocycles. The Morgan fingerprint density at radius 3 is 2.36 bits per heavy atom. The number of esters is 1. The van der Waals surface area contributed by atoms with Crippen molar-refractivity contribution in [3.05, 3.63) is 0 Å². The Bertz CT molecular complexity index is 205. The number of carbonyl (C=O) groups excluding carboxylic acids is 1. The van der Waals surface area contributed by atoms with E-state index in [0.29, 0.717) is 12.4 Å². The molecule has 0 aliphatic rings. The van der Waals surface area contributed by atoms with Crippen LogP contribution in [0.2, 0.25) is 0 Å². The number of ether oxygens (including phenoxy) is 2. The Morgan fingerprint density at radius 1 is 1.36 bits per heavy atom. The maximum Gasteiger partial charge on any atom is 0.309 e. The average molecular weight is 222 g/mol. The van der Waals surface area contributed by atoms with Crippen LogP contribution in [0.15, 0.2) is 0 Å². The van der Waals surface area contributed by atoms with E-state index in [1.165, 1.54) is 7.11 Å². The van der Waals surface area contributed by atoms with E-state index in [0.717, 1.165) is 0 Å². The highest BCUT2D eigenvalue weighted by molar-refractivity contribution is 7.85. The molecule has 0 rings (SSSR count). The van der Waals surface area contributed by atoms with Crippen molar-refractivity contribution in [2.45, 2.75) is 19.1 Å². The predicted molar refractivity (Wildman–Crippen MR) is 55.5 cm³/mol. The largest absolute Gasteiger partial charge is 0.469 e. The van der Waals surface area contributed by atoms with Gasteiger partial charge in [0.15, 0.2) is 0 Å². The minimum absolute atomic E-state index is 0.0490. The Balaban J connectivity index is 3.98. The first-order chi connectivity index (χ1) is 6.52. The lowest BCUT2D eigenvalue weighted by Gasteiger charge is -2.13. The fourth-order valence-corrected chi connectivity index (χ4v) is 2.24. The van der Waals surface area contributed by atoms with Crippen molar-refractivity contribution < 1.29 is 18.5 Å². The zero-order valence-electron chi connectivity index (χ0n) is 9.11. The minimum atomic E-state index is -1.04. The van der Waals surface area contributed by atoms with Crippen LogP contribution in [-0.4, -0.2) is 42.0 Å². The van der Waals surface area contributed by atoms with Crippen LogP contribution >= 0.6 is 0 Å². The van der Waals surface area contributed by atoms with Crippen molar-refractivity contribution in [2.75, 3.05) is 26.6 Å². The van der Waals surface area contributed by atoms with E-state index in [1.54, 1.807) is 14.0 Å². The quantitative estimate of drug-likeness (QED) is 0.617. The van der Waals surface area contributed by atoms with Gasteiger partial charge in [-0.15, -0.1) is 0 Å². The molecule has 0 aliphatic carbocycles. The molecule has 0 radical (unpaired) electrons. The third kappa shape index (κ3) is 4.72. The van der Waals surface area contributed by atoms with Crippen LogP contribution < -0.4 is 0 Å². The van der Waals surface area contributed by atoms with Crippen molar-refractivity contribution in [3.8, 4) is 0 Å². The summed E-state index contributed by atoms with van der Waals surface area (Å²) in [6, 6.07) is 0. The highest BCUT2D eigenvalue weighted by Gasteiger charge is 2.19. The molecule has 0 bridgehead atoms. The molecule has 0 N–H and O–H groups in total. The molecule has 3 unspecified atom stereocenters. The Hall–Kier alpha value is -0.420. The molecule has 0 heterocycles. The van der Waals surface area contributed by atoms with E-state index in [1.807, 2.05) is 6.92 Å². The lowest BCUT2D eigenvalue weighted by Crippen LogP contribution is -2.26. The lowest BCUT2D eigenvalue weighted by atomic mass is 10.2. The number of carbonyl (C=O) groups is 1. The Morgan fingerprint density at radius 2 is 1.93 bits per heavy atom. The van der Waals surface area contributed by atoms with Crippen LogP contribution in [0.1, 0.15) is 13.8 Å². The number of methoxy groups -OCH3 is 2. The summed E-state index contributed by atoms with van der Waals surface area (Å²) < 4.78 is 21.0. The van der Waals surface area contributed by atoms with Gasteiger partial charge in [0, 0.05) is 23.7 Å². The molecule has 14 heavy (non-hydrogen) atoms. The maximum atomic E-state index is 11.6. The van der Waals surface area contributed by atoms with Gasteiger partial charge < -0.3 is 9.47 Å². The van der Waals surface area contributed by atoms with Crippen molar-refractivity contribution in [1.82, 2.24) is 0 Å². The molecule has 4 nitrogen and oxygen atoms in total. The van der Waals surface area contributed by atoms with Gasteiger partial charge in [-0.05, 0) is 6.92 Å². The fourth-order valence-electron chi connectivity index (χ4n) is 0.990. The average Bonchev–Trinajstić information content (AvgIpc) is 2.16. The zero-order chi connectivity index (χ0) is 11.1. The molecule has 3 atom stereocenters. The van der Waals surface area contributed by atoms with E-state index < -0.39 is 10.8 Å². The molecule has 0 aliphatic heterocycles. The lowest BCUT2D eigenvalue weighted by molar-refractivity contribution is -0.144. The SMILES string of the molecule is COCC(C)S(=O)CC(C)C(=O)OC. The van der Waals surface area contributed by atoms with Crippen LogP contribution in [0, 0.1) is 5.92 Å². The van der Waals surface area contributed by atoms with Crippen LogP contribution in [-0.2, 0) is 25.1 Å². The number of hydrogen-bond acceptors (Lipinski definition) is 4. The van der Waals surface area contributed by atoms with Gasteiger partial charge in [0.1, 0.15) is 0 Å². The summed E-state index contributed by atoms with van der Waals surface area (Å²) in [5, 5.41) is -0.0490. The predicted octanol–water partition coefficient (Wildman–Crippen LogP) is 0.579.